The van der Waals surface area contributed by atoms with Gasteiger partial charge in [0.25, 0.3) is 0 Å². The molecule has 0 aromatic rings. The maximum atomic E-state index is 10.9. The number of ether oxygens (including phenoxy) is 1. The lowest BCUT2D eigenvalue weighted by Crippen LogP contribution is -2.16. The van der Waals surface area contributed by atoms with Gasteiger partial charge < -0.3 is 4.74 Å². The molecule has 0 amide bonds. The predicted octanol–water partition coefficient (Wildman–Crippen LogP) is 1.86. The minimum Gasteiger partial charge on any atom is -0.460 e. The molecule has 0 aliphatic carbocycles. The van der Waals surface area contributed by atoms with E-state index < -0.39 is 11.8 Å². The summed E-state index contributed by atoms with van der Waals surface area (Å²) in [4.78, 5) is 21.7. The SMILES string of the molecule is C=CCC(=O)C(=O)OCCCCC. The fourth-order valence-corrected chi connectivity index (χ4v) is 0.812. The second-order valence-electron chi connectivity index (χ2n) is 2.76. The van der Waals surface area contributed by atoms with Crippen molar-refractivity contribution in [3.8, 4) is 0 Å². The highest BCUT2D eigenvalue weighted by molar-refractivity contribution is 6.33. The Labute approximate surface area is 78.8 Å². The average Bonchev–Trinajstić information content (AvgIpc) is 2.12. The smallest absolute Gasteiger partial charge is 0.374 e. The maximum Gasteiger partial charge on any atom is 0.374 e. The number of ketones is 1. The second kappa shape index (κ2) is 7.53. The summed E-state index contributed by atoms with van der Waals surface area (Å²) in [6.07, 6.45) is 4.37. The van der Waals surface area contributed by atoms with Crippen molar-refractivity contribution in [3.63, 3.8) is 0 Å². The first-order chi connectivity index (χ1) is 6.22. The molecule has 3 nitrogen and oxygen atoms in total. The molecule has 0 spiro atoms. The van der Waals surface area contributed by atoms with Gasteiger partial charge in [0, 0.05) is 6.42 Å². The van der Waals surface area contributed by atoms with Crippen LogP contribution in [0, 0.1) is 0 Å². The van der Waals surface area contributed by atoms with Gasteiger partial charge in [0.2, 0.25) is 5.78 Å². The first-order valence-corrected chi connectivity index (χ1v) is 4.53. The van der Waals surface area contributed by atoms with Crippen LogP contribution in [0.3, 0.4) is 0 Å². The van der Waals surface area contributed by atoms with E-state index in [1.807, 2.05) is 0 Å². The van der Waals surface area contributed by atoms with Gasteiger partial charge in [0.15, 0.2) is 0 Å². The fraction of sp³-hybridized carbons (Fsp3) is 0.600. The molecule has 3 heteroatoms. The number of rotatable bonds is 7. The van der Waals surface area contributed by atoms with Gasteiger partial charge in [-0.2, -0.15) is 0 Å². The molecule has 0 heterocycles. The molecule has 0 aliphatic rings. The van der Waals surface area contributed by atoms with Crippen molar-refractivity contribution in [3.05, 3.63) is 12.7 Å². The van der Waals surface area contributed by atoms with Gasteiger partial charge in [0.05, 0.1) is 6.61 Å². The standard InChI is InChI=1S/C10H16O3/c1-3-5-6-8-13-10(12)9(11)7-4-2/h4H,2-3,5-8H2,1H3. The Hall–Kier alpha value is -1.12. The van der Waals surface area contributed by atoms with Gasteiger partial charge in [0.1, 0.15) is 0 Å². The van der Waals surface area contributed by atoms with Gasteiger partial charge in [-0.15, -0.1) is 6.58 Å². The van der Waals surface area contributed by atoms with Crippen molar-refractivity contribution < 1.29 is 14.3 Å². The van der Waals surface area contributed by atoms with Crippen LogP contribution in [0.2, 0.25) is 0 Å². The molecule has 0 fully saturated rings. The van der Waals surface area contributed by atoms with Gasteiger partial charge in [-0.3, -0.25) is 4.79 Å². The number of unbranched alkanes of at least 4 members (excludes halogenated alkanes) is 2. The quantitative estimate of drug-likeness (QED) is 0.262. The zero-order chi connectivity index (χ0) is 10.1. The lowest BCUT2D eigenvalue weighted by atomic mass is 10.2. The molecule has 0 radical (unpaired) electrons. The maximum absolute atomic E-state index is 10.9. The lowest BCUT2D eigenvalue weighted by Gasteiger charge is -2.01. The molecular weight excluding hydrogens is 168 g/mol. The van der Waals surface area contributed by atoms with Crippen molar-refractivity contribution >= 4 is 11.8 Å². The third kappa shape index (κ3) is 6.08. The van der Waals surface area contributed by atoms with Crippen molar-refractivity contribution in [1.82, 2.24) is 0 Å². The Kier molecular flexibility index (Phi) is 6.88. The van der Waals surface area contributed by atoms with Crippen LogP contribution >= 0.6 is 0 Å². The van der Waals surface area contributed by atoms with E-state index in [0.717, 1.165) is 19.3 Å². The number of esters is 1. The molecule has 0 aliphatic heterocycles. The molecule has 0 saturated heterocycles. The zero-order valence-corrected chi connectivity index (χ0v) is 8.04. The monoisotopic (exact) mass is 184 g/mol. The van der Waals surface area contributed by atoms with E-state index >= 15 is 0 Å². The Morgan fingerprint density at radius 1 is 1.38 bits per heavy atom. The highest BCUT2D eigenvalue weighted by Crippen LogP contribution is 1.96. The zero-order valence-electron chi connectivity index (χ0n) is 8.04. The van der Waals surface area contributed by atoms with Crippen LogP contribution in [0.15, 0.2) is 12.7 Å². The summed E-state index contributed by atoms with van der Waals surface area (Å²) < 4.78 is 4.72. The first-order valence-electron chi connectivity index (χ1n) is 4.53. The summed E-state index contributed by atoms with van der Waals surface area (Å²) in [7, 11) is 0. The van der Waals surface area contributed by atoms with Gasteiger partial charge in [-0.1, -0.05) is 25.8 Å². The van der Waals surface area contributed by atoms with Crippen LogP contribution in [0.25, 0.3) is 0 Å². The third-order valence-electron chi connectivity index (χ3n) is 1.54. The van der Waals surface area contributed by atoms with Crippen molar-refractivity contribution in [2.24, 2.45) is 0 Å². The van der Waals surface area contributed by atoms with Crippen LogP contribution < -0.4 is 0 Å². The van der Waals surface area contributed by atoms with Crippen LogP contribution in [0.5, 0.6) is 0 Å². The molecule has 0 N–H and O–H groups in total. The molecule has 0 aromatic heterocycles. The highest BCUT2D eigenvalue weighted by atomic mass is 16.5. The fourth-order valence-electron chi connectivity index (χ4n) is 0.812. The first kappa shape index (κ1) is 11.9. The van der Waals surface area contributed by atoms with Crippen molar-refractivity contribution in [2.75, 3.05) is 6.61 Å². The molecule has 0 atom stereocenters. The summed E-state index contributed by atoms with van der Waals surface area (Å²) in [5.41, 5.74) is 0. The Morgan fingerprint density at radius 3 is 2.62 bits per heavy atom. The van der Waals surface area contributed by atoms with E-state index in [9.17, 15) is 9.59 Å². The molecular formula is C10H16O3. The number of carbonyl (C=O) groups is 2. The number of allylic oxidation sites excluding steroid dienone is 1. The lowest BCUT2D eigenvalue weighted by molar-refractivity contribution is -0.153. The second-order valence-corrected chi connectivity index (χ2v) is 2.76. The largest absolute Gasteiger partial charge is 0.460 e. The number of carbonyl (C=O) groups excluding carboxylic acids is 2. The van der Waals surface area contributed by atoms with Crippen molar-refractivity contribution in [1.29, 1.82) is 0 Å². The summed E-state index contributed by atoms with van der Waals surface area (Å²) in [5.74, 6) is -1.26. The van der Waals surface area contributed by atoms with E-state index in [2.05, 4.69) is 13.5 Å². The average molecular weight is 184 g/mol. The van der Waals surface area contributed by atoms with Crippen molar-refractivity contribution in [2.45, 2.75) is 32.6 Å². The molecule has 74 valence electrons. The van der Waals surface area contributed by atoms with E-state index in [1.54, 1.807) is 0 Å². The van der Waals surface area contributed by atoms with Crippen LogP contribution in [-0.2, 0) is 14.3 Å². The molecule has 0 bridgehead atoms. The van der Waals surface area contributed by atoms with E-state index in [0.29, 0.717) is 6.61 Å². The number of Topliss-reactive ketones (excluding diaryl/α,β-unsaturated/α-hetero) is 1. The summed E-state index contributed by atoms with van der Waals surface area (Å²) in [5, 5.41) is 0. The molecule has 0 rings (SSSR count). The molecule has 0 unspecified atom stereocenters. The number of hydrogen-bond acceptors (Lipinski definition) is 3. The third-order valence-corrected chi connectivity index (χ3v) is 1.54. The molecule has 0 saturated carbocycles. The topological polar surface area (TPSA) is 43.4 Å². The normalized spacial score (nSPS) is 9.31. The highest BCUT2D eigenvalue weighted by Gasteiger charge is 2.12. The van der Waals surface area contributed by atoms with Crippen LogP contribution in [0.1, 0.15) is 32.6 Å². The van der Waals surface area contributed by atoms with Gasteiger partial charge in [-0.25, -0.2) is 4.79 Å². The summed E-state index contributed by atoms with van der Waals surface area (Å²) >= 11 is 0. The van der Waals surface area contributed by atoms with Crippen LogP contribution in [0.4, 0.5) is 0 Å². The van der Waals surface area contributed by atoms with Gasteiger partial charge >= 0.3 is 5.97 Å². The summed E-state index contributed by atoms with van der Waals surface area (Å²) in [6.45, 7) is 5.77. The summed E-state index contributed by atoms with van der Waals surface area (Å²) in [6, 6.07) is 0. The van der Waals surface area contributed by atoms with E-state index in [-0.39, 0.29) is 6.42 Å². The van der Waals surface area contributed by atoms with E-state index in [1.165, 1.54) is 6.08 Å². The Bertz CT molecular complexity index is 185. The van der Waals surface area contributed by atoms with Gasteiger partial charge in [-0.05, 0) is 6.42 Å². The predicted molar refractivity (Wildman–Crippen MR) is 50.3 cm³/mol. The molecule has 13 heavy (non-hydrogen) atoms. The van der Waals surface area contributed by atoms with Crippen LogP contribution in [-0.4, -0.2) is 18.4 Å². The minimum atomic E-state index is -0.740. The Morgan fingerprint density at radius 2 is 2.08 bits per heavy atom. The minimum absolute atomic E-state index is 0.0621. The Balaban J connectivity index is 3.50. The molecule has 0 aromatic carbocycles. The number of hydrogen-bond donors (Lipinski definition) is 0. The van der Waals surface area contributed by atoms with E-state index in [4.69, 9.17) is 4.74 Å².